The Morgan fingerprint density at radius 3 is 2.44 bits per heavy atom. The Morgan fingerprint density at radius 1 is 1.33 bits per heavy atom. The Bertz CT molecular complexity index is 455. The minimum Gasteiger partial charge on any atom is -0.481 e. The van der Waals surface area contributed by atoms with Gasteiger partial charge in [-0.25, -0.2) is 4.39 Å². The number of hydrogen-bond acceptors (Lipinski definition) is 2. The van der Waals surface area contributed by atoms with Crippen molar-refractivity contribution < 1.29 is 14.3 Å². The van der Waals surface area contributed by atoms with Crippen LogP contribution in [0, 0.1) is 5.82 Å². The zero-order valence-electron chi connectivity index (χ0n) is 10.7. The molecule has 4 heteroatoms. The van der Waals surface area contributed by atoms with Crippen LogP contribution in [0.25, 0.3) is 0 Å². The van der Waals surface area contributed by atoms with Crippen molar-refractivity contribution in [3.05, 3.63) is 35.6 Å². The summed E-state index contributed by atoms with van der Waals surface area (Å²) in [7, 11) is 0. The van der Waals surface area contributed by atoms with Crippen LogP contribution in [0.1, 0.15) is 32.3 Å². The van der Waals surface area contributed by atoms with E-state index in [9.17, 15) is 14.3 Å². The molecule has 18 heavy (non-hydrogen) atoms. The van der Waals surface area contributed by atoms with Gasteiger partial charge in [0.25, 0.3) is 0 Å². The first-order valence-corrected chi connectivity index (χ1v) is 6.10. The van der Waals surface area contributed by atoms with Gasteiger partial charge in [-0.2, -0.15) is 0 Å². The molecule has 0 aromatic heterocycles. The molecule has 1 fully saturated rings. The van der Waals surface area contributed by atoms with E-state index in [0.717, 1.165) is 0 Å². The molecule has 1 heterocycles. The molecule has 1 unspecified atom stereocenters. The summed E-state index contributed by atoms with van der Waals surface area (Å²) in [5.74, 6) is -1.17. The lowest BCUT2D eigenvalue weighted by molar-refractivity contribution is -0.146. The van der Waals surface area contributed by atoms with Crippen molar-refractivity contribution in [1.29, 1.82) is 0 Å². The molecule has 0 radical (unpaired) electrons. The van der Waals surface area contributed by atoms with Crippen LogP contribution in [-0.2, 0) is 10.2 Å². The van der Waals surface area contributed by atoms with E-state index >= 15 is 0 Å². The first-order chi connectivity index (χ1) is 8.36. The third kappa shape index (κ3) is 2.25. The Labute approximate surface area is 106 Å². The van der Waals surface area contributed by atoms with E-state index in [-0.39, 0.29) is 11.4 Å². The van der Waals surface area contributed by atoms with E-state index in [1.807, 2.05) is 13.8 Å². The summed E-state index contributed by atoms with van der Waals surface area (Å²) in [5.41, 5.74) is -0.459. The molecular weight excluding hydrogens is 233 g/mol. The maximum Gasteiger partial charge on any atom is 0.314 e. The number of nitrogens with one attached hydrogen (secondary N) is 1. The highest BCUT2D eigenvalue weighted by Gasteiger charge is 2.46. The SMILES string of the molecule is CC1(C)CC(C(=O)O)(c2ccc(F)cc2)CCN1. The van der Waals surface area contributed by atoms with Crippen molar-refractivity contribution in [1.82, 2.24) is 5.32 Å². The lowest BCUT2D eigenvalue weighted by atomic mass is 9.67. The summed E-state index contributed by atoms with van der Waals surface area (Å²) < 4.78 is 13.0. The molecule has 0 bridgehead atoms. The number of piperidine rings is 1. The Kier molecular flexibility index (Phi) is 3.15. The number of carbonyl (C=O) groups is 1. The van der Waals surface area contributed by atoms with Gasteiger partial charge in [0, 0.05) is 5.54 Å². The number of rotatable bonds is 2. The largest absolute Gasteiger partial charge is 0.481 e. The number of carboxylic acid groups (broad SMARTS) is 1. The quantitative estimate of drug-likeness (QED) is 0.848. The lowest BCUT2D eigenvalue weighted by Crippen LogP contribution is -2.55. The number of aliphatic carboxylic acids is 1. The van der Waals surface area contributed by atoms with Crippen molar-refractivity contribution in [3.63, 3.8) is 0 Å². The van der Waals surface area contributed by atoms with E-state index in [1.165, 1.54) is 12.1 Å². The standard InChI is InChI=1S/C14H18FNO2/c1-13(2)9-14(12(17)18,7-8-16-13)10-3-5-11(15)6-4-10/h3-6,16H,7-9H2,1-2H3,(H,17,18). The molecule has 1 aliphatic heterocycles. The van der Waals surface area contributed by atoms with Crippen molar-refractivity contribution in [2.45, 2.75) is 37.6 Å². The van der Waals surface area contributed by atoms with Gasteiger partial charge in [0.1, 0.15) is 5.82 Å². The molecule has 1 aromatic rings. The minimum atomic E-state index is -0.914. The monoisotopic (exact) mass is 251 g/mol. The highest BCUT2D eigenvalue weighted by molar-refractivity contribution is 5.81. The molecule has 98 valence electrons. The zero-order chi connectivity index (χ0) is 13.4. The maximum absolute atomic E-state index is 13.0. The highest BCUT2D eigenvalue weighted by Crippen LogP contribution is 2.39. The predicted octanol–water partition coefficient (Wildman–Crippen LogP) is 2.31. The van der Waals surface area contributed by atoms with Crippen molar-refractivity contribution in [2.24, 2.45) is 0 Å². The second kappa shape index (κ2) is 4.35. The van der Waals surface area contributed by atoms with Crippen LogP contribution in [0.3, 0.4) is 0 Å². The van der Waals surface area contributed by atoms with Gasteiger partial charge in [0.05, 0.1) is 5.41 Å². The second-order valence-corrected chi connectivity index (χ2v) is 5.63. The topological polar surface area (TPSA) is 49.3 Å². The van der Waals surface area contributed by atoms with Gasteiger partial charge in [-0.05, 0) is 50.9 Å². The molecular formula is C14H18FNO2. The molecule has 0 aliphatic carbocycles. The van der Waals surface area contributed by atoms with E-state index in [0.29, 0.717) is 24.9 Å². The van der Waals surface area contributed by atoms with Crippen LogP contribution in [0.2, 0.25) is 0 Å². The summed E-state index contributed by atoms with van der Waals surface area (Å²) >= 11 is 0. The van der Waals surface area contributed by atoms with Crippen LogP contribution in [0.15, 0.2) is 24.3 Å². The van der Waals surface area contributed by atoms with Gasteiger partial charge in [0.2, 0.25) is 0 Å². The average molecular weight is 251 g/mol. The average Bonchev–Trinajstić information content (AvgIpc) is 2.28. The zero-order valence-corrected chi connectivity index (χ0v) is 10.7. The first-order valence-electron chi connectivity index (χ1n) is 6.10. The molecule has 1 atom stereocenters. The maximum atomic E-state index is 13.0. The summed E-state index contributed by atoms with van der Waals surface area (Å²) in [4.78, 5) is 11.7. The molecule has 0 amide bonds. The summed E-state index contributed by atoms with van der Waals surface area (Å²) in [6, 6.07) is 5.83. The first kappa shape index (κ1) is 13.0. The number of halogens is 1. The van der Waals surface area contributed by atoms with E-state index in [2.05, 4.69) is 5.32 Å². The van der Waals surface area contributed by atoms with Gasteiger partial charge < -0.3 is 10.4 Å². The van der Waals surface area contributed by atoms with E-state index < -0.39 is 11.4 Å². The fraction of sp³-hybridized carbons (Fsp3) is 0.500. The van der Waals surface area contributed by atoms with Crippen LogP contribution in [-0.4, -0.2) is 23.2 Å². The van der Waals surface area contributed by atoms with Gasteiger partial charge >= 0.3 is 5.97 Å². The molecule has 1 aliphatic rings. The van der Waals surface area contributed by atoms with Crippen molar-refractivity contribution in [2.75, 3.05) is 6.54 Å². The van der Waals surface area contributed by atoms with E-state index in [1.54, 1.807) is 12.1 Å². The lowest BCUT2D eigenvalue weighted by Gasteiger charge is -2.43. The van der Waals surface area contributed by atoms with E-state index in [4.69, 9.17) is 0 Å². The number of benzene rings is 1. The summed E-state index contributed by atoms with van der Waals surface area (Å²) in [5, 5.41) is 12.9. The Balaban J connectivity index is 2.44. The number of hydrogen-bond donors (Lipinski definition) is 2. The Morgan fingerprint density at radius 2 is 1.94 bits per heavy atom. The summed E-state index contributed by atoms with van der Waals surface area (Å²) in [6.45, 7) is 4.64. The molecule has 0 spiro atoms. The summed E-state index contributed by atoms with van der Waals surface area (Å²) in [6.07, 6.45) is 1.03. The molecule has 2 rings (SSSR count). The fourth-order valence-electron chi connectivity index (χ4n) is 2.84. The minimum absolute atomic E-state index is 0.231. The second-order valence-electron chi connectivity index (χ2n) is 5.63. The highest BCUT2D eigenvalue weighted by atomic mass is 19.1. The van der Waals surface area contributed by atoms with Gasteiger partial charge in [-0.1, -0.05) is 12.1 Å². The van der Waals surface area contributed by atoms with Gasteiger partial charge in [-0.15, -0.1) is 0 Å². The molecule has 0 saturated carbocycles. The van der Waals surface area contributed by atoms with Crippen LogP contribution < -0.4 is 5.32 Å². The molecule has 1 saturated heterocycles. The smallest absolute Gasteiger partial charge is 0.314 e. The normalized spacial score (nSPS) is 26.8. The molecule has 3 nitrogen and oxygen atoms in total. The predicted molar refractivity (Wildman–Crippen MR) is 67.0 cm³/mol. The van der Waals surface area contributed by atoms with Gasteiger partial charge in [-0.3, -0.25) is 4.79 Å². The van der Waals surface area contributed by atoms with Crippen molar-refractivity contribution >= 4 is 5.97 Å². The van der Waals surface area contributed by atoms with Crippen LogP contribution in [0.5, 0.6) is 0 Å². The van der Waals surface area contributed by atoms with Crippen LogP contribution >= 0.6 is 0 Å². The third-order valence-corrected chi connectivity index (χ3v) is 3.71. The van der Waals surface area contributed by atoms with Crippen molar-refractivity contribution in [3.8, 4) is 0 Å². The fourth-order valence-corrected chi connectivity index (χ4v) is 2.84. The third-order valence-electron chi connectivity index (χ3n) is 3.71. The molecule has 1 aromatic carbocycles. The van der Waals surface area contributed by atoms with Gasteiger partial charge in [0.15, 0.2) is 0 Å². The number of carboxylic acids is 1. The molecule has 2 N–H and O–H groups in total. The Hall–Kier alpha value is -1.42. The van der Waals surface area contributed by atoms with Crippen LogP contribution in [0.4, 0.5) is 4.39 Å².